The van der Waals surface area contributed by atoms with Gasteiger partial charge in [-0.15, -0.1) is 11.6 Å². The van der Waals surface area contributed by atoms with Crippen LogP contribution in [0.3, 0.4) is 0 Å². The Morgan fingerprint density at radius 3 is 2.88 bits per heavy atom. The molecule has 4 nitrogen and oxygen atoms in total. The highest BCUT2D eigenvalue weighted by Crippen LogP contribution is 2.20. The summed E-state index contributed by atoms with van der Waals surface area (Å²) in [6.45, 7) is 0. The number of rotatable bonds is 3. The Morgan fingerprint density at radius 1 is 1.62 bits per heavy atom. The average Bonchev–Trinajstić information content (AvgIpc) is 2.30. The fourth-order valence-corrected chi connectivity index (χ4v) is 1.17. The van der Waals surface area contributed by atoms with Crippen LogP contribution in [0.1, 0.15) is 10.4 Å². The monoisotopic (exact) mass is 243 g/mol. The molecule has 6 heteroatoms. The number of benzene rings is 1. The van der Waals surface area contributed by atoms with Crippen molar-refractivity contribution in [3.63, 3.8) is 0 Å². The van der Waals surface area contributed by atoms with Crippen LogP contribution in [0.4, 0.5) is 10.1 Å². The van der Waals surface area contributed by atoms with E-state index < -0.39 is 11.7 Å². The minimum absolute atomic E-state index is 0.0462. The molecule has 0 atom stereocenters. The molecular formula is C10H11ClFN3O. The molecule has 3 N–H and O–H groups in total. The predicted octanol–water partition coefficient (Wildman–Crippen LogP) is 1.41. The Hall–Kier alpha value is -1.62. The van der Waals surface area contributed by atoms with Gasteiger partial charge in [-0.05, 0) is 18.2 Å². The maximum atomic E-state index is 13.0. The van der Waals surface area contributed by atoms with Crippen molar-refractivity contribution in [2.75, 3.05) is 12.9 Å². The minimum Gasteiger partial charge on any atom is -0.386 e. The molecule has 0 saturated heterocycles. The molecule has 16 heavy (non-hydrogen) atoms. The third-order valence-corrected chi connectivity index (χ3v) is 2.11. The lowest BCUT2D eigenvalue weighted by atomic mass is 10.1. The fourth-order valence-electron chi connectivity index (χ4n) is 1.11. The van der Waals surface area contributed by atoms with E-state index in [1.165, 1.54) is 19.2 Å². The molecule has 0 aliphatic rings. The molecule has 0 fully saturated rings. The highest BCUT2D eigenvalue weighted by molar-refractivity contribution is 6.28. The normalized spacial score (nSPS) is 11.3. The van der Waals surface area contributed by atoms with Gasteiger partial charge in [0.15, 0.2) is 0 Å². The molecular weight excluding hydrogens is 233 g/mol. The third-order valence-electron chi connectivity index (χ3n) is 1.83. The Kier molecular flexibility index (Phi) is 4.25. The number of carbonyl (C=O) groups excluding carboxylic acids is 1. The number of hydrogen-bond acceptors (Lipinski definition) is 2. The summed E-state index contributed by atoms with van der Waals surface area (Å²) >= 11 is 5.47. The number of aliphatic imine (C=N–C) groups is 1. The summed E-state index contributed by atoms with van der Waals surface area (Å²) in [5.74, 6) is -0.731. The van der Waals surface area contributed by atoms with Gasteiger partial charge in [-0.25, -0.2) is 9.38 Å². The molecule has 0 spiro atoms. The van der Waals surface area contributed by atoms with E-state index in [4.69, 9.17) is 17.3 Å². The summed E-state index contributed by atoms with van der Waals surface area (Å²) < 4.78 is 13.0. The number of hydrogen-bond donors (Lipinski definition) is 2. The van der Waals surface area contributed by atoms with Crippen molar-refractivity contribution in [1.82, 2.24) is 5.32 Å². The summed E-state index contributed by atoms with van der Waals surface area (Å²) in [6.07, 6.45) is 0. The lowest BCUT2D eigenvalue weighted by Crippen LogP contribution is -2.19. The van der Waals surface area contributed by atoms with Gasteiger partial charge in [-0.3, -0.25) is 4.79 Å². The lowest BCUT2D eigenvalue weighted by Gasteiger charge is -2.05. The van der Waals surface area contributed by atoms with E-state index in [0.29, 0.717) is 5.69 Å². The van der Waals surface area contributed by atoms with Crippen molar-refractivity contribution in [3.05, 3.63) is 29.6 Å². The molecule has 86 valence electrons. The molecule has 1 amide bonds. The number of nitrogens with two attached hydrogens (primary N) is 1. The van der Waals surface area contributed by atoms with Gasteiger partial charge in [0.2, 0.25) is 0 Å². The predicted molar refractivity (Wildman–Crippen MR) is 61.8 cm³/mol. The van der Waals surface area contributed by atoms with Crippen molar-refractivity contribution < 1.29 is 9.18 Å². The first-order valence-corrected chi connectivity index (χ1v) is 5.02. The van der Waals surface area contributed by atoms with Crippen LogP contribution < -0.4 is 11.1 Å². The first-order valence-electron chi connectivity index (χ1n) is 4.49. The van der Waals surface area contributed by atoms with Gasteiger partial charge in [0.1, 0.15) is 11.7 Å². The third kappa shape index (κ3) is 2.93. The average molecular weight is 244 g/mol. The molecule has 1 rings (SSSR count). The molecule has 1 aromatic rings. The first-order chi connectivity index (χ1) is 7.58. The standard InChI is InChI=1S/C10H11ClFN3O/c1-14-10(16)7-4-6(12)2-3-8(7)15-9(13)5-11/h2-4H,5H2,1H3,(H2,13,15)(H,14,16). The topological polar surface area (TPSA) is 67.5 Å². The van der Waals surface area contributed by atoms with E-state index in [2.05, 4.69) is 10.3 Å². The molecule has 0 aliphatic carbocycles. The SMILES string of the molecule is CNC(=O)c1cc(F)ccc1N=C(N)CCl. The van der Waals surface area contributed by atoms with Crippen LogP contribution >= 0.6 is 11.6 Å². The zero-order chi connectivity index (χ0) is 12.1. The van der Waals surface area contributed by atoms with Gasteiger partial charge in [0, 0.05) is 7.05 Å². The van der Waals surface area contributed by atoms with Crippen molar-refractivity contribution in [3.8, 4) is 0 Å². The van der Waals surface area contributed by atoms with Gasteiger partial charge in [0.25, 0.3) is 5.91 Å². The summed E-state index contributed by atoms with van der Waals surface area (Å²) in [6, 6.07) is 3.67. The second-order valence-corrected chi connectivity index (χ2v) is 3.24. The molecule has 0 heterocycles. The van der Waals surface area contributed by atoms with Crippen LogP contribution in [0.5, 0.6) is 0 Å². The fraction of sp³-hybridized carbons (Fsp3) is 0.200. The Morgan fingerprint density at radius 2 is 2.31 bits per heavy atom. The number of nitrogens with zero attached hydrogens (tertiary/aromatic N) is 1. The number of carbonyl (C=O) groups is 1. The zero-order valence-electron chi connectivity index (χ0n) is 8.63. The second kappa shape index (κ2) is 5.46. The summed E-state index contributed by atoms with van der Waals surface area (Å²) in [7, 11) is 1.45. The molecule has 0 aliphatic heterocycles. The number of amidine groups is 1. The highest BCUT2D eigenvalue weighted by Gasteiger charge is 2.10. The molecule has 0 unspecified atom stereocenters. The second-order valence-electron chi connectivity index (χ2n) is 2.98. The van der Waals surface area contributed by atoms with Gasteiger partial charge >= 0.3 is 0 Å². The van der Waals surface area contributed by atoms with Crippen LogP contribution in [0.25, 0.3) is 0 Å². The Balaban J connectivity index is 3.23. The van der Waals surface area contributed by atoms with Gasteiger partial charge < -0.3 is 11.1 Å². The van der Waals surface area contributed by atoms with E-state index >= 15 is 0 Å². The van der Waals surface area contributed by atoms with E-state index in [1.54, 1.807) is 0 Å². The maximum absolute atomic E-state index is 13.0. The number of alkyl halides is 1. The largest absolute Gasteiger partial charge is 0.386 e. The van der Waals surface area contributed by atoms with Crippen LogP contribution in [-0.2, 0) is 0 Å². The van der Waals surface area contributed by atoms with Gasteiger partial charge in [-0.2, -0.15) is 0 Å². The maximum Gasteiger partial charge on any atom is 0.253 e. The van der Waals surface area contributed by atoms with E-state index in [9.17, 15) is 9.18 Å². The Labute approximate surface area is 97.3 Å². The number of amides is 1. The van der Waals surface area contributed by atoms with Crippen LogP contribution in [0.15, 0.2) is 23.2 Å². The lowest BCUT2D eigenvalue weighted by molar-refractivity contribution is 0.0963. The van der Waals surface area contributed by atoms with Crippen LogP contribution in [0, 0.1) is 5.82 Å². The van der Waals surface area contributed by atoms with Crippen molar-refractivity contribution >= 4 is 29.0 Å². The smallest absolute Gasteiger partial charge is 0.253 e. The van der Waals surface area contributed by atoms with Crippen LogP contribution in [-0.4, -0.2) is 24.7 Å². The van der Waals surface area contributed by atoms with E-state index in [-0.39, 0.29) is 17.3 Å². The van der Waals surface area contributed by atoms with Crippen molar-refractivity contribution in [1.29, 1.82) is 0 Å². The van der Waals surface area contributed by atoms with E-state index in [0.717, 1.165) is 6.07 Å². The van der Waals surface area contributed by atoms with Crippen LogP contribution in [0.2, 0.25) is 0 Å². The summed E-state index contributed by atoms with van der Waals surface area (Å²) in [5.41, 5.74) is 5.86. The first kappa shape index (κ1) is 12.4. The number of halogens is 2. The zero-order valence-corrected chi connectivity index (χ0v) is 9.38. The number of nitrogens with one attached hydrogen (secondary N) is 1. The van der Waals surface area contributed by atoms with Gasteiger partial charge in [0.05, 0.1) is 17.1 Å². The molecule has 0 bridgehead atoms. The van der Waals surface area contributed by atoms with Crippen molar-refractivity contribution in [2.45, 2.75) is 0 Å². The van der Waals surface area contributed by atoms with Crippen molar-refractivity contribution in [2.24, 2.45) is 10.7 Å². The van der Waals surface area contributed by atoms with Gasteiger partial charge in [-0.1, -0.05) is 0 Å². The molecule has 0 radical (unpaired) electrons. The quantitative estimate of drug-likeness (QED) is 0.479. The molecule has 1 aromatic carbocycles. The summed E-state index contributed by atoms with van der Waals surface area (Å²) in [5, 5.41) is 2.39. The molecule has 0 aromatic heterocycles. The molecule has 0 saturated carbocycles. The Bertz CT molecular complexity index is 434. The van der Waals surface area contributed by atoms with E-state index in [1.807, 2.05) is 0 Å². The highest BCUT2D eigenvalue weighted by atomic mass is 35.5. The minimum atomic E-state index is -0.512. The summed E-state index contributed by atoms with van der Waals surface area (Å²) in [4.78, 5) is 15.4.